The van der Waals surface area contributed by atoms with E-state index >= 15 is 0 Å². The summed E-state index contributed by atoms with van der Waals surface area (Å²) in [7, 11) is 0. The van der Waals surface area contributed by atoms with Gasteiger partial charge in [0.25, 0.3) is 0 Å². The molecule has 3 N–H and O–H groups in total. The van der Waals surface area contributed by atoms with Gasteiger partial charge in [-0.25, -0.2) is 4.99 Å². The fraction of sp³-hybridized carbons (Fsp3) is 0.636. The first kappa shape index (κ1) is 23.8. The molecule has 0 saturated heterocycles. The van der Waals surface area contributed by atoms with Crippen molar-refractivity contribution in [3.05, 3.63) is 29.8 Å². The van der Waals surface area contributed by atoms with Crippen molar-refractivity contribution in [2.45, 2.75) is 77.0 Å². The van der Waals surface area contributed by atoms with Crippen LogP contribution in [-0.4, -0.2) is 36.1 Å². The molecule has 7 heteroatoms. The van der Waals surface area contributed by atoms with E-state index in [9.17, 15) is 4.79 Å². The quantitative estimate of drug-likeness (QED) is 0.324. The smallest absolute Gasteiger partial charge is 0.242 e. The van der Waals surface area contributed by atoms with Crippen molar-refractivity contribution in [1.82, 2.24) is 16.0 Å². The lowest BCUT2D eigenvalue weighted by molar-refractivity contribution is -0.121. The molecule has 0 radical (unpaired) electrons. The van der Waals surface area contributed by atoms with Crippen LogP contribution >= 0.6 is 24.0 Å². The molecule has 29 heavy (non-hydrogen) atoms. The van der Waals surface area contributed by atoms with Crippen LogP contribution in [0, 0.1) is 0 Å². The molecule has 1 atom stereocenters. The van der Waals surface area contributed by atoms with Crippen LogP contribution in [0.5, 0.6) is 5.75 Å². The van der Waals surface area contributed by atoms with Crippen LogP contribution in [0.4, 0.5) is 0 Å². The van der Waals surface area contributed by atoms with Crippen molar-refractivity contribution in [2.75, 3.05) is 13.1 Å². The van der Waals surface area contributed by atoms with Gasteiger partial charge < -0.3 is 20.7 Å². The Balaban J connectivity index is 0.00000300. The van der Waals surface area contributed by atoms with Crippen molar-refractivity contribution in [3.63, 3.8) is 0 Å². The number of halogens is 1. The van der Waals surface area contributed by atoms with Crippen molar-refractivity contribution in [1.29, 1.82) is 0 Å². The summed E-state index contributed by atoms with van der Waals surface area (Å²) in [6.45, 7) is 8.78. The first-order valence-corrected chi connectivity index (χ1v) is 10.4. The lowest BCUT2D eigenvalue weighted by Crippen LogP contribution is -2.47. The molecule has 0 aromatic heterocycles. The van der Waals surface area contributed by atoms with Crippen LogP contribution < -0.4 is 20.7 Å². The number of guanidine groups is 1. The maximum absolute atomic E-state index is 12.2. The lowest BCUT2D eigenvalue weighted by atomic mass is 9.86. The summed E-state index contributed by atoms with van der Waals surface area (Å²) < 4.78 is 6.44. The number of ether oxygens (including phenoxy) is 1. The summed E-state index contributed by atoms with van der Waals surface area (Å²) in [5, 5.41) is 9.79. The number of aliphatic imine (C=N–C) groups is 1. The fourth-order valence-electron chi connectivity index (χ4n) is 4.17. The Labute approximate surface area is 191 Å². The number of rotatable bonds is 4. The summed E-state index contributed by atoms with van der Waals surface area (Å²) in [6, 6.07) is 8.37. The third-order valence-electron chi connectivity index (χ3n) is 5.26. The molecule has 1 unspecified atom stereocenters. The first-order valence-electron chi connectivity index (χ1n) is 10.4. The molecular weight excluding hydrogens is 479 g/mol. The molecule has 0 bridgehead atoms. The molecule has 1 fully saturated rings. The van der Waals surface area contributed by atoms with Gasteiger partial charge in [0.1, 0.15) is 17.9 Å². The van der Waals surface area contributed by atoms with Crippen molar-refractivity contribution >= 4 is 35.8 Å². The molecule has 2 aliphatic rings. The Kier molecular flexibility index (Phi) is 8.19. The second-order valence-electron chi connectivity index (χ2n) is 8.92. The Morgan fingerprint density at radius 1 is 1.24 bits per heavy atom. The minimum atomic E-state index is -0.257. The normalized spacial score (nSPS) is 20.3. The molecule has 1 aromatic rings. The number of nitrogens with one attached hydrogen (secondary N) is 3. The number of para-hydroxylation sites is 1. The van der Waals surface area contributed by atoms with E-state index in [1.807, 2.05) is 39.8 Å². The molecule has 6 nitrogen and oxygen atoms in total. The van der Waals surface area contributed by atoms with Crippen LogP contribution in [0.2, 0.25) is 0 Å². The van der Waals surface area contributed by atoms with Crippen LogP contribution in [0.1, 0.15) is 71.4 Å². The summed E-state index contributed by atoms with van der Waals surface area (Å²) in [5.74, 6) is 1.56. The molecule has 1 heterocycles. The SMILES string of the molecule is CCNC(=NCC(=O)NC(C)(C)C)NC1CC2(CCCC2)Oc2ccccc21.I. The molecular formula is C22H35IN4O2. The van der Waals surface area contributed by atoms with E-state index < -0.39 is 0 Å². The standard InChI is InChI=1S/C22H34N4O2.HI/c1-5-23-20(24-15-19(27)26-21(2,3)4)25-17-14-22(12-8-9-13-22)28-18-11-7-6-10-16(17)18;/h6-7,10-11,17H,5,8-9,12-15H2,1-4H3,(H,26,27)(H2,23,24,25);1H. The van der Waals surface area contributed by atoms with E-state index in [0.717, 1.165) is 37.1 Å². The highest BCUT2D eigenvalue weighted by molar-refractivity contribution is 14.0. The van der Waals surface area contributed by atoms with Crippen LogP contribution in [-0.2, 0) is 4.79 Å². The van der Waals surface area contributed by atoms with E-state index in [-0.39, 0.29) is 53.6 Å². The highest BCUT2D eigenvalue weighted by Gasteiger charge is 2.43. The average Bonchev–Trinajstić information content (AvgIpc) is 3.06. The molecule has 3 rings (SSSR count). The maximum Gasteiger partial charge on any atom is 0.242 e. The molecule has 162 valence electrons. The van der Waals surface area contributed by atoms with Gasteiger partial charge >= 0.3 is 0 Å². The highest BCUT2D eigenvalue weighted by atomic mass is 127. The van der Waals surface area contributed by atoms with Gasteiger partial charge in [-0.2, -0.15) is 0 Å². The number of benzene rings is 1. The summed E-state index contributed by atoms with van der Waals surface area (Å²) in [4.78, 5) is 16.7. The topological polar surface area (TPSA) is 74.8 Å². The average molecular weight is 514 g/mol. The minimum Gasteiger partial charge on any atom is -0.487 e. The Hall–Kier alpha value is -1.51. The molecule has 1 saturated carbocycles. The predicted octanol–water partition coefficient (Wildman–Crippen LogP) is 3.91. The van der Waals surface area contributed by atoms with E-state index in [4.69, 9.17) is 4.74 Å². The number of hydrogen-bond acceptors (Lipinski definition) is 3. The number of carbonyl (C=O) groups is 1. The Bertz CT molecular complexity index is 724. The summed E-state index contributed by atoms with van der Waals surface area (Å²) in [5.41, 5.74) is 0.824. The van der Waals surface area contributed by atoms with Gasteiger partial charge in [0.15, 0.2) is 5.96 Å². The van der Waals surface area contributed by atoms with E-state index in [0.29, 0.717) is 5.96 Å². The second kappa shape index (κ2) is 10.00. The first-order chi connectivity index (χ1) is 13.3. The highest BCUT2D eigenvalue weighted by Crippen LogP contribution is 2.46. The zero-order chi connectivity index (χ0) is 20.2. The van der Waals surface area contributed by atoms with E-state index in [1.165, 1.54) is 12.8 Å². The van der Waals surface area contributed by atoms with Crippen LogP contribution in [0.15, 0.2) is 29.3 Å². The van der Waals surface area contributed by atoms with E-state index in [2.05, 4.69) is 33.1 Å². The Morgan fingerprint density at radius 2 is 1.93 bits per heavy atom. The van der Waals surface area contributed by atoms with Gasteiger partial charge in [0.05, 0.1) is 6.04 Å². The van der Waals surface area contributed by atoms with Crippen molar-refractivity contribution in [2.24, 2.45) is 4.99 Å². The largest absolute Gasteiger partial charge is 0.487 e. The van der Waals surface area contributed by atoms with Crippen molar-refractivity contribution in [3.8, 4) is 5.75 Å². The molecule has 1 aromatic carbocycles. The van der Waals surface area contributed by atoms with Gasteiger partial charge in [0, 0.05) is 24.1 Å². The zero-order valence-corrected chi connectivity index (χ0v) is 20.3. The molecule has 1 amide bonds. The van der Waals surface area contributed by atoms with Crippen molar-refractivity contribution < 1.29 is 9.53 Å². The Morgan fingerprint density at radius 3 is 2.59 bits per heavy atom. The third-order valence-corrected chi connectivity index (χ3v) is 5.26. The molecule has 1 spiro atoms. The number of nitrogens with zero attached hydrogens (tertiary/aromatic N) is 1. The van der Waals surface area contributed by atoms with Crippen LogP contribution in [0.25, 0.3) is 0 Å². The number of fused-ring (bicyclic) bond motifs is 1. The number of carbonyl (C=O) groups excluding carboxylic acids is 1. The lowest BCUT2D eigenvalue weighted by Gasteiger charge is -2.40. The van der Waals surface area contributed by atoms with Gasteiger partial charge in [-0.15, -0.1) is 24.0 Å². The van der Waals surface area contributed by atoms with Gasteiger partial charge in [-0.05, 0) is 59.4 Å². The molecule has 1 aliphatic carbocycles. The van der Waals surface area contributed by atoms with Crippen LogP contribution in [0.3, 0.4) is 0 Å². The third kappa shape index (κ3) is 6.49. The zero-order valence-electron chi connectivity index (χ0n) is 18.0. The minimum absolute atomic E-state index is 0. The fourth-order valence-corrected chi connectivity index (χ4v) is 4.17. The summed E-state index contributed by atoms with van der Waals surface area (Å²) in [6.07, 6.45) is 5.55. The van der Waals surface area contributed by atoms with E-state index in [1.54, 1.807) is 0 Å². The van der Waals surface area contributed by atoms with Gasteiger partial charge in [-0.1, -0.05) is 18.2 Å². The molecule has 1 aliphatic heterocycles. The van der Waals surface area contributed by atoms with Gasteiger partial charge in [-0.3, -0.25) is 4.79 Å². The second-order valence-corrected chi connectivity index (χ2v) is 8.92. The number of amides is 1. The van der Waals surface area contributed by atoms with Gasteiger partial charge in [0.2, 0.25) is 5.91 Å². The maximum atomic E-state index is 12.2. The monoisotopic (exact) mass is 514 g/mol. The predicted molar refractivity (Wildman–Crippen MR) is 128 cm³/mol. The number of hydrogen-bond donors (Lipinski definition) is 3. The summed E-state index contributed by atoms with van der Waals surface area (Å²) >= 11 is 0.